The fraction of sp³-hybridized carbons (Fsp3) is 0.364. The third-order valence-corrected chi connectivity index (χ3v) is 6.11. The minimum absolute atomic E-state index is 0.172. The van der Waals surface area contributed by atoms with Crippen LogP contribution in [0.3, 0.4) is 0 Å². The second kappa shape index (κ2) is 14.4. The molecule has 0 fully saturated rings. The molecule has 0 atom stereocenters. The van der Waals surface area contributed by atoms with Gasteiger partial charge < -0.3 is 18.9 Å². The highest BCUT2D eigenvalue weighted by molar-refractivity contribution is 7.54. The van der Waals surface area contributed by atoms with Crippen LogP contribution in [-0.4, -0.2) is 56.1 Å². The minimum Gasteiger partial charge on any atom is -0.356 e. The standard InChI is InChI=1S/C9H10N4.C7H5N3O.C6H12NO3P/c10-4-1-3-8-7-13-6-2-5-11-9(13)12-8;11-5-6-4-10-3-1-2-8-7(10)9-6;1-3-9-11(8,6-5-7)10-4-2/h1,3,7H,2,5-6H2,(H,11,12);1-5H;3-4,6H2,1-2H3/b3-1+;;. The Balaban J connectivity index is 0.000000186. The van der Waals surface area contributed by atoms with Crippen molar-refractivity contribution in [3.8, 4) is 12.1 Å². The Morgan fingerprint density at radius 1 is 1.20 bits per heavy atom. The van der Waals surface area contributed by atoms with E-state index in [1.54, 1.807) is 55.1 Å². The minimum atomic E-state index is -3.08. The first-order valence-electron chi connectivity index (χ1n) is 10.9. The van der Waals surface area contributed by atoms with Crippen molar-refractivity contribution in [2.45, 2.75) is 26.8 Å². The van der Waals surface area contributed by atoms with Gasteiger partial charge >= 0.3 is 7.60 Å². The zero-order valence-corrected chi connectivity index (χ0v) is 20.5. The van der Waals surface area contributed by atoms with Crippen molar-refractivity contribution in [3.05, 3.63) is 48.3 Å². The Morgan fingerprint density at radius 2 is 1.97 bits per heavy atom. The molecule has 0 aliphatic carbocycles. The highest BCUT2D eigenvalue weighted by Gasteiger charge is 2.22. The summed E-state index contributed by atoms with van der Waals surface area (Å²) in [6.07, 6.45) is 11.8. The molecule has 0 saturated carbocycles. The number of nitrogens with zero attached hydrogens (tertiary/aromatic N) is 7. The molecule has 4 heterocycles. The molecule has 1 aliphatic rings. The van der Waals surface area contributed by atoms with Crippen molar-refractivity contribution in [3.63, 3.8) is 0 Å². The van der Waals surface area contributed by atoms with Gasteiger partial charge in [-0.1, -0.05) is 0 Å². The third-order valence-electron chi connectivity index (χ3n) is 4.27. The number of nitriles is 2. The SMILES string of the molecule is CCOP(=O)(CC#N)OCC.N#C/C=C/c1cn2c(n1)NCCC2.O=Cc1cn2cccnc2n1. The number of imidazole rings is 2. The summed E-state index contributed by atoms with van der Waals surface area (Å²) in [4.78, 5) is 22.4. The highest BCUT2D eigenvalue weighted by Crippen LogP contribution is 2.47. The number of carbonyl (C=O) groups is 1. The molecule has 0 saturated heterocycles. The van der Waals surface area contributed by atoms with Crippen molar-refractivity contribution in [1.29, 1.82) is 10.5 Å². The van der Waals surface area contributed by atoms with Crippen molar-refractivity contribution in [1.82, 2.24) is 23.9 Å². The normalized spacial score (nSPS) is 12.2. The maximum Gasteiger partial charge on any atom is 0.344 e. The Hall–Kier alpha value is -3.83. The maximum absolute atomic E-state index is 11.3. The lowest BCUT2D eigenvalue weighted by Gasteiger charge is -2.14. The van der Waals surface area contributed by atoms with Crippen LogP contribution in [0.4, 0.5) is 5.95 Å². The molecule has 0 aromatic carbocycles. The summed E-state index contributed by atoms with van der Waals surface area (Å²) in [5, 5.41) is 19.8. The van der Waals surface area contributed by atoms with Crippen LogP contribution in [0.25, 0.3) is 11.9 Å². The second-order valence-electron chi connectivity index (χ2n) is 6.80. The van der Waals surface area contributed by atoms with Crippen LogP contribution in [0.1, 0.15) is 36.5 Å². The average Bonchev–Trinajstić information content (AvgIpc) is 3.47. The predicted octanol–water partition coefficient (Wildman–Crippen LogP) is 3.55. The van der Waals surface area contributed by atoms with Crippen LogP contribution in [0, 0.1) is 22.7 Å². The average molecular weight is 498 g/mol. The van der Waals surface area contributed by atoms with Crippen molar-refractivity contribution < 1.29 is 18.4 Å². The monoisotopic (exact) mass is 498 g/mol. The largest absolute Gasteiger partial charge is 0.356 e. The van der Waals surface area contributed by atoms with Gasteiger partial charge in [0, 0.05) is 44.0 Å². The summed E-state index contributed by atoms with van der Waals surface area (Å²) < 4.78 is 24.8. The number of anilines is 1. The molecule has 3 aromatic heterocycles. The van der Waals surface area contributed by atoms with E-state index in [2.05, 4.69) is 24.8 Å². The first-order chi connectivity index (χ1) is 17.0. The van der Waals surface area contributed by atoms with E-state index in [4.69, 9.17) is 19.6 Å². The number of rotatable bonds is 7. The molecule has 0 unspecified atom stereocenters. The Morgan fingerprint density at radius 3 is 2.57 bits per heavy atom. The quantitative estimate of drug-likeness (QED) is 0.290. The smallest absolute Gasteiger partial charge is 0.344 e. The zero-order chi connectivity index (χ0) is 25.5. The number of aromatic nitrogens is 5. The number of fused-ring (bicyclic) bond motifs is 2. The molecule has 1 aliphatic heterocycles. The molecule has 0 bridgehead atoms. The molecule has 184 valence electrons. The second-order valence-corrected chi connectivity index (χ2v) is 8.85. The number of carbonyl (C=O) groups excluding carboxylic acids is 1. The van der Waals surface area contributed by atoms with Crippen molar-refractivity contribution in [2.24, 2.45) is 0 Å². The van der Waals surface area contributed by atoms with Gasteiger partial charge in [0.25, 0.3) is 0 Å². The first-order valence-corrected chi connectivity index (χ1v) is 12.6. The molecular formula is C22H27N8O4P. The molecule has 0 spiro atoms. The van der Waals surface area contributed by atoms with E-state index in [9.17, 15) is 9.36 Å². The molecule has 13 heteroatoms. The molecule has 0 amide bonds. The lowest BCUT2D eigenvalue weighted by molar-refractivity contribution is 0.111. The molecule has 3 aromatic rings. The van der Waals surface area contributed by atoms with Gasteiger partial charge in [-0.25, -0.2) is 15.0 Å². The van der Waals surface area contributed by atoms with Gasteiger partial charge in [0.1, 0.15) is 11.9 Å². The van der Waals surface area contributed by atoms with E-state index in [-0.39, 0.29) is 6.16 Å². The van der Waals surface area contributed by atoms with Gasteiger partial charge in [-0.3, -0.25) is 13.8 Å². The third kappa shape index (κ3) is 8.80. The fourth-order valence-corrected chi connectivity index (χ4v) is 4.13. The van der Waals surface area contributed by atoms with E-state index < -0.39 is 7.60 Å². The van der Waals surface area contributed by atoms with Gasteiger partial charge in [-0.2, -0.15) is 10.5 Å². The van der Waals surface area contributed by atoms with Crippen LogP contribution < -0.4 is 5.32 Å². The summed E-state index contributed by atoms with van der Waals surface area (Å²) in [7, 11) is -3.08. The number of nitrogens with one attached hydrogen (secondary N) is 1. The first kappa shape index (κ1) is 27.4. The van der Waals surface area contributed by atoms with E-state index in [1.807, 2.05) is 12.3 Å². The number of allylic oxidation sites excluding steroid dienone is 1. The van der Waals surface area contributed by atoms with Crippen LogP contribution in [-0.2, 0) is 20.2 Å². The lowest BCUT2D eigenvalue weighted by Crippen LogP contribution is -2.16. The summed E-state index contributed by atoms with van der Waals surface area (Å²) in [5.41, 5.74) is 1.25. The number of aldehydes is 1. The van der Waals surface area contributed by atoms with Gasteiger partial charge in [-0.15, -0.1) is 0 Å². The summed E-state index contributed by atoms with van der Waals surface area (Å²) in [5.74, 6) is 1.46. The number of hydrogen-bond acceptors (Lipinski definition) is 10. The molecule has 35 heavy (non-hydrogen) atoms. The van der Waals surface area contributed by atoms with Crippen molar-refractivity contribution >= 4 is 31.7 Å². The van der Waals surface area contributed by atoms with E-state index in [0.717, 1.165) is 31.2 Å². The van der Waals surface area contributed by atoms with Gasteiger partial charge in [0.2, 0.25) is 11.7 Å². The van der Waals surface area contributed by atoms with Crippen LogP contribution in [0.15, 0.2) is 36.9 Å². The van der Waals surface area contributed by atoms with E-state index >= 15 is 0 Å². The van der Waals surface area contributed by atoms with Gasteiger partial charge in [-0.05, 0) is 32.4 Å². The lowest BCUT2D eigenvalue weighted by atomic mass is 10.4. The fourth-order valence-electron chi connectivity index (χ4n) is 2.91. The van der Waals surface area contributed by atoms with E-state index in [0.29, 0.717) is 31.0 Å². The summed E-state index contributed by atoms with van der Waals surface area (Å²) in [6, 6.07) is 5.49. The van der Waals surface area contributed by atoms with Gasteiger partial charge in [0.05, 0.1) is 31.0 Å². The maximum atomic E-state index is 11.3. The molecule has 12 nitrogen and oxygen atoms in total. The van der Waals surface area contributed by atoms with Crippen molar-refractivity contribution in [2.75, 3.05) is 31.2 Å². The molecule has 4 rings (SSSR count). The van der Waals surface area contributed by atoms with Crippen LogP contribution >= 0.6 is 7.60 Å². The molecule has 1 N–H and O–H groups in total. The topological polar surface area (TPSA) is 160 Å². The zero-order valence-electron chi connectivity index (χ0n) is 19.6. The molecular weight excluding hydrogens is 471 g/mol. The molecule has 0 radical (unpaired) electrons. The summed E-state index contributed by atoms with van der Waals surface area (Å²) in [6.45, 7) is 6.03. The van der Waals surface area contributed by atoms with E-state index in [1.165, 1.54) is 6.08 Å². The van der Waals surface area contributed by atoms with Gasteiger partial charge in [0.15, 0.2) is 6.29 Å². The van der Waals surface area contributed by atoms with Crippen LogP contribution in [0.2, 0.25) is 0 Å². The Kier molecular flexibility index (Phi) is 11.3. The Bertz CT molecular complexity index is 1190. The number of hydrogen-bond donors (Lipinski definition) is 1. The predicted molar refractivity (Wildman–Crippen MR) is 130 cm³/mol. The Labute approximate surface area is 203 Å². The highest BCUT2D eigenvalue weighted by atomic mass is 31.2. The van der Waals surface area contributed by atoms with Crippen LogP contribution in [0.5, 0.6) is 0 Å². The summed E-state index contributed by atoms with van der Waals surface area (Å²) >= 11 is 0. The number of aryl methyl sites for hydroxylation is 1.